The van der Waals surface area contributed by atoms with Crippen LogP contribution in [0.1, 0.15) is 40.1 Å². The number of hydrogen-bond donors (Lipinski definition) is 0. The number of hydrogen-bond acceptors (Lipinski definition) is 5. The standard InChI is InChI=1S/C19H14F3NO5/c1-18(2,11-7-9-12(10-8-11)27-19(20,21)22)17(26)28-23-15(24)13-5-3-4-6-14(13)16(23)25/h3-10H,1-2H3. The Bertz CT molecular complexity index is 916. The molecule has 28 heavy (non-hydrogen) atoms. The molecule has 0 spiro atoms. The Kier molecular flexibility index (Phi) is 4.62. The Labute approximate surface area is 157 Å². The molecule has 0 N–H and O–H groups in total. The van der Waals surface area contributed by atoms with Crippen molar-refractivity contribution in [1.29, 1.82) is 0 Å². The summed E-state index contributed by atoms with van der Waals surface area (Å²) in [6, 6.07) is 10.7. The predicted molar refractivity (Wildman–Crippen MR) is 89.2 cm³/mol. The summed E-state index contributed by atoms with van der Waals surface area (Å²) in [7, 11) is 0. The molecule has 0 unspecified atom stereocenters. The van der Waals surface area contributed by atoms with Crippen molar-refractivity contribution in [1.82, 2.24) is 5.06 Å². The van der Waals surface area contributed by atoms with Crippen molar-refractivity contribution >= 4 is 17.8 Å². The number of ether oxygens (including phenoxy) is 1. The molecule has 0 radical (unpaired) electrons. The highest BCUT2D eigenvalue weighted by molar-refractivity contribution is 6.21. The molecule has 146 valence electrons. The summed E-state index contributed by atoms with van der Waals surface area (Å²) in [6.45, 7) is 2.90. The van der Waals surface area contributed by atoms with E-state index in [2.05, 4.69) is 4.74 Å². The molecule has 3 rings (SSSR count). The van der Waals surface area contributed by atoms with E-state index >= 15 is 0 Å². The van der Waals surface area contributed by atoms with Crippen molar-refractivity contribution in [2.45, 2.75) is 25.6 Å². The van der Waals surface area contributed by atoms with Gasteiger partial charge in [-0.1, -0.05) is 29.3 Å². The fourth-order valence-electron chi connectivity index (χ4n) is 2.64. The topological polar surface area (TPSA) is 72.9 Å². The van der Waals surface area contributed by atoms with Gasteiger partial charge >= 0.3 is 12.3 Å². The van der Waals surface area contributed by atoms with Crippen LogP contribution in [0.4, 0.5) is 13.2 Å². The lowest BCUT2D eigenvalue weighted by molar-refractivity contribution is -0.274. The fraction of sp³-hybridized carbons (Fsp3) is 0.211. The molecule has 6 nitrogen and oxygen atoms in total. The maximum Gasteiger partial charge on any atom is 0.573 e. The maximum atomic E-state index is 12.6. The molecule has 2 amide bonds. The smallest absolute Gasteiger partial charge is 0.406 e. The summed E-state index contributed by atoms with van der Waals surface area (Å²) in [4.78, 5) is 42.2. The second-order valence-corrected chi connectivity index (χ2v) is 6.53. The van der Waals surface area contributed by atoms with Crippen molar-refractivity contribution < 1.29 is 37.1 Å². The zero-order valence-electron chi connectivity index (χ0n) is 14.7. The molecular formula is C19H14F3NO5. The lowest BCUT2D eigenvalue weighted by Crippen LogP contribution is -2.40. The van der Waals surface area contributed by atoms with Gasteiger partial charge in [0.1, 0.15) is 5.75 Å². The van der Waals surface area contributed by atoms with Crippen LogP contribution in [0.2, 0.25) is 0 Å². The van der Waals surface area contributed by atoms with Crippen LogP contribution in [0.15, 0.2) is 48.5 Å². The zero-order valence-corrected chi connectivity index (χ0v) is 14.7. The van der Waals surface area contributed by atoms with Gasteiger partial charge in [0.25, 0.3) is 11.8 Å². The van der Waals surface area contributed by atoms with E-state index in [0.717, 1.165) is 12.1 Å². The van der Waals surface area contributed by atoms with Crippen LogP contribution >= 0.6 is 0 Å². The van der Waals surface area contributed by atoms with Crippen molar-refractivity contribution in [2.75, 3.05) is 0 Å². The quantitative estimate of drug-likeness (QED) is 0.742. The molecule has 1 aliphatic rings. The molecule has 0 saturated carbocycles. The first-order valence-electron chi connectivity index (χ1n) is 8.07. The number of halogens is 3. The lowest BCUT2D eigenvalue weighted by Gasteiger charge is -2.25. The third-order valence-corrected chi connectivity index (χ3v) is 4.25. The summed E-state index contributed by atoms with van der Waals surface area (Å²) >= 11 is 0. The first kappa shape index (κ1) is 19.4. The van der Waals surface area contributed by atoms with Crippen LogP contribution in [-0.2, 0) is 15.0 Å². The molecule has 9 heteroatoms. The summed E-state index contributed by atoms with van der Waals surface area (Å²) in [5, 5.41) is 0.385. The van der Waals surface area contributed by atoms with Crippen LogP contribution in [0.5, 0.6) is 5.75 Å². The lowest BCUT2D eigenvalue weighted by atomic mass is 9.85. The molecule has 0 bridgehead atoms. The molecule has 0 aliphatic carbocycles. The number of fused-ring (bicyclic) bond motifs is 1. The first-order chi connectivity index (χ1) is 13.0. The minimum Gasteiger partial charge on any atom is -0.406 e. The van der Waals surface area contributed by atoms with Crippen LogP contribution < -0.4 is 4.74 Å². The van der Waals surface area contributed by atoms with Crippen molar-refractivity contribution in [3.8, 4) is 5.75 Å². The average molecular weight is 393 g/mol. The second kappa shape index (κ2) is 6.66. The normalized spacial score (nSPS) is 14.1. The molecule has 1 aliphatic heterocycles. The van der Waals surface area contributed by atoms with Gasteiger partial charge in [0.15, 0.2) is 0 Å². The van der Waals surface area contributed by atoms with Crippen LogP contribution in [0.3, 0.4) is 0 Å². The van der Waals surface area contributed by atoms with E-state index in [0.29, 0.717) is 10.6 Å². The average Bonchev–Trinajstić information content (AvgIpc) is 2.86. The first-order valence-corrected chi connectivity index (χ1v) is 8.07. The fourth-order valence-corrected chi connectivity index (χ4v) is 2.64. The van der Waals surface area contributed by atoms with Gasteiger partial charge in [-0.2, -0.15) is 0 Å². The van der Waals surface area contributed by atoms with Gasteiger partial charge < -0.3 is 9.57 Å². The van der Waals surface area contributed by atoms with Gasteiger partial charge in [-0.05, 0) is 43.7 Å². The SMILES string of the molecule is CC(C)(C(=O)ON1C(=O)c2ccccc2C1=O)c1ccc(OC(F)(F)F)cc1. The Hall–Kier alpha value is -3.36. The highest BCUT2D eigenvalue weighted by Gasteiger charge is 2.42. The number of benzene rings is 2. The summed E-state index contributed by atoms with van der Waals surface area (Å²) < 4.78 is 40.5. The largest absolute Gasteiger partial charge is 0.573 e. The molecule has 2 aromatic rings. The van der Waals surface area contributed by atoms with Crippen LogP contribution in [0, 0.1) is 0 Å². The van der Waals surface area contributed by atoms with E-state index in [4.69, 9.17) is 4.84 Å². The molecular weight excluding hydrogens is 379 g/mol. The minimum atomic E-state index is -4.83. The Morgan fingerprint density at radius 1 is 0.893 bits per heavy atom. The van der Waals surface area contributed by atoms with E-state index in [1.165, 1.54) is 38.1 Å². The van der Waals surface area contributed by atoms with Gasteiger partial charge in [0, 0.05) is 0 Å². The zero-order chi connectivity index (χ0) is 20.7. The molecule has 0 fully saturated rings. The van der Waals surface area contributed by atoms with E-state index in [-0.39, 0.29) is 11.1 Å². The molecule has 1 heterocycles. The molecule has 0 saturated heterocycles. The van der Waals surface area contributed by atoms with Gasteiger partial charge in [0.2, 0.25) is 0 Å². The van der Waals surface area contributed by atoms with E-state index in [1.807, 2.05) is 0 Å². The van der Waals surface area contributed by atoms with Crippen molar-refractivity contribution in [2.24, 2.45) is 0 Å². The van der Waals surface area contributed by atoms with E-state index in [9.17, 15) is 27.6 Å². The predicted octanol–water partition coefficient (Wildman–Crippen LogP) is 3.62. The van der Waals surface area contributed by atoms with E-state index in [1.54, 1.807) is 12.1 Å². The van der Waals surface area contributed by atoms with Gasteiger partial charge in [-0.15, -0.1) is 13.2 Å². The van der Waals surface area contributed by atoms with Crippen molar-refractivity contribution in [3.63, 3.8) is 0 Å². The number of alkyl halides is 3. The molecule has 0 atom stereocenters. The Balaban J connectivity index is 1.77. The summed E-state index contributed by atoms with van der Waals surface area (Å²) in [6.07, 6.45) is -4.83. The van der Waals surface area contributed by atoms with Gasteiger partial charge in [-0.25, -0.2) is 4.79 Å². The third-order valence-electron chi connectivity index (χ3n) is 4.25. The number of rotatable bonds is 4. The van der Waals surface area contributed by atoms with Crippen molar-refractivity contribution in [3.05, 3.63) is 65.2 Å². The molecule has 2 aromatic carbocycles. The number of carbonyl (C=O) groups excluding carboxylic acids is 3. The number of nitrogens with zero attached hydrogens (tertiary/aromatic N) is 1. The monoisotopic (exact) mass is 393 g/mol. The highest BCUT2D eigenvalue weighted by atomic mass is 19.4. The summed E-state index contributed by atoms with van der Waals surface area (Å²) in [5.74, 6) is -2.90. The highest BCUT2D eigenvalue weighted by Crippen LogP contribution is 2.30. The molecule has 0 aromatic heterocycles. The number of hydroxylamine groups is 2. The van der Waals surface area contributed by atoms with Gasteiger partial charge in [0.05, 0.1) is 16.5 Å². The third kappa shape index (κ3) is 3.55. The van der Waals surface area contributed by atoms with Crippen LogP contribution in [0.25, 0.3) is 0 Å². The minimum absolute atomic E-state index is 0.117. The Morgan fingerprint density at radius 2 is 1.39 bits per heavy atom. The van der Waals surface area contributed by atoms with Gasteiger partial charge in [-0.3, -0.25) is 9.59 Å². The van der Waals surface area contributed by atoms with E-state index < -0.39 is 35.3 Å². The number of amides is 2. The summed E-state index contributed by atoms with van der Waals surface area (Å²) in [5.41, 5.74) is -0.811. The second-order valence-electron chi connectivity index (χ2n) is 6.53. The van der Waals surface area contributed by atoms with Crippen LogP contribution in [-0.4, -0.2) is 29.2 Å². The number of carbonyl (C=O) groups is 3. The number of imide groups is 1. The Morgan fingerprint density at radius 3 is 1.86 bits per heavy atom. The maximum absolute atomic E-state index is 12.6.